The summed E-state index contributed by atoms with van der Waals surface area (Å²) in [6, 6.07) is 1.71. The molecule has 1 rings (SSSR count). The van der Waals surface area contributed by atoms with Crippen LogP contribution in [0.2, 0.25) is 0 Å². The summed E-state index contributed by atoms with van der Waals surface area (Å²) in [5, 5.41) is 5.10. The molecule has 1 aromatic rings. The Hall–Kier alpha value is -1.63. The van der Waals surface area contributed by atoms with Crippen molar-refractivity contribution in [3.05, 3.63) is 35.1 Å². The summed E-state index contributed by atoms with van der Waals surface area (Å²) in [5.74, 6) is -1.26. The number of halogens is 4. The van der Waals surface area contributed by atoms with Crippen LogP contribution >= 0.6 is 0 Å². The average molecular weight is 278 g/mol. The molecule has 0 saturated carbocycles. The van der Waals surface area contributed by atoms with Crippen molar-refractivity contribution in [2.75, 3.05) is 7.05 Å². The first-order valence-corrected chi connectivity index (χ1v) is 5.55. The summed E-state index contributed by atoms with van der Waals surface area (Å²) in [5.41, 5.74) is -0.917. The molecule has 1 atom stereocenters. The van der Waals surface area contributed by atoms with Gasteiger partial charge >= 0.3 is 6.18 Å². The van der Waals surface area contributed by atoms with Crippen LogP contribution in [0.15, 0.2) is 18.2 Å². The van der Waals surface area contributed by atoms with Crippen molar-refractivity contribution >= 4 is 5.91 Å². The van der Waals surface area contributed by atoms with Crippen LogP contribution in [0, 0.1) is 5.82 Å². The van der Waals surface area contributed by atoms with Gasteiger partial charge in [0.25, 0.3) is 0 Å². The zero-order valence-corrected chi connectivity index (χ0v) is 10.4. The van der Waals surface area contributed by atoms with E-state index in [9.17, 15) is 22.4 Å². The zero-order chi connectivity index (χ0) is 14.6. The number of rotatable bonds is 4. The smallest absolute Gasteiger partial charge is 0.358 e. The molecule has 0 aliphatic carbocycles. The van der Waals surface area contributed by atoms with E-state index < -0.39 is 23.6 Å². The Labute approximate surface area is 108 Å². The molecule has 0 bridgehead atoms. The van der Waals surface area contributed by atoms with Crippen molar-refractivity contribution in [3.8, 4) is 0 Å². The van der Waals surface area contributed by atoms with Gasteiger partial charge in [0.1, 0.15) is 5.82 Å². The number of carbonyl (C=O) groups is 1. The Balaban J connectivity index is 2.79. The van der Waals surface area contributed by atoms with E-state index in [-0.39, 0.29) is 18.0 Å². The normalized spacial score (nSPS) is 13.2. The van der Waals surface area contributed by atoms with Crippen LogP contribution in [0.3, 0.4) is 0 Å². The number of hydrogen-bond donors (Lipinski definition) is 2. The molecule has 0 heterocycles. The van der Waals surface area contributed by atoms with Crippen LogP contribution in [0.5, 0.6) is 0 Å². The average Bonchev–Trinajstić information content (AvgIpc) is 2.33. The number of hydrogen-bond acceptors (Lipinski definition) is 2. The van der Waals surface area contributed by atoms with E-state index in [1.54, 1.807) is 6.92 Å². The molecule has 3 nitrogen and oxygen atoms in total. The van der Waals surface area contributed by atoms with Gasteiger partial charge in [0, 0.05) is 13.6 Å². The number of alkyl halides is 3. The Bertz CT molecular complexity index is 460. The number of benzene rings is 1. The second-order valence-corrected chi connectivity index (χ2v) is 4.06. The predicted octanol–water partition coefficient (Wildman–Crippen LogP) is 2.07. The minimum absolute atomic E-state index is 0.0323. The van der Waals surface area contributed by atoms with E-state index in [2.05, 4.69) is 10.6 Å². The Morgan fingerprint density at radius 2 is 1.95 bits per heavy atom. The van der Waals surface area contributed by atoms with E-state index in [1.807, 2.05) is 0 Å². The van der Waals surface area contributed by atoms with Crippen LogP contribution in [0.1, 0.15) is 18.1 Å². The molecule has 0 aromatic heterocycles. The Kier molecular flexibility index (Phi) is 4.88. The summed E-state index contributed by atoms with van der Waals surface area (Å²) in [6.07, 6.45) is -4.59. The van der Waals surface area contributed by atoms with Crippen molar-refractivity contribution in [3.63, 3.8) is 0 Å². The van der Waals surface area contributed by atoms with Crippen LogP contribution in [0.25, 0.3) is 0 Å². The molecular formula is C12H14F4N2O. The van der Waals surface area contributed by atoms with Crippen molar-refractivity contribution < 1.29 is 22.4 Å². The monoisotopic (exact) mass is 278 g/mol. The third kappa shape index (κ3) is 4.51. The molecule has 0 fully saturated rings. The van der Waals surface area contributed by atoms with Gasteiger partial charge in [-0.25, -0.2) is 4.39 Å². The molecule has 0 aliphatic heterocycles. The second-order valence-electron chi connectivity index (χ2n) is 4.06. The fraction of sp³-hybridized carbons (Fsp3) is 0.417. The summed E-state index contributed by atoms with van der Waals surface area (Å²) in [7, 11) is 1.45. The van der Waals surface area contributed by atoms with E-state index in [0.29, 0.717) is 6.07 Å². The molecule has 0 radical (unpaired) electrons. The van der Waals surface area contributed by atoms with Gasteiger partial charge in [0.05, 0.1) is 11.6 Å². The van der Waals surface area contributed by atoms with Gasteiger partial charge in [-0.3, -0.25) is 4.79 Å². The number of amides is 1. The molecule has 0 aliphatic rings. The van der Waals surface area contributed by atoms with Crippen molar-refractivity contribution in [2.45, 2.75) is 25.7 Å². The van der Waals surface area contributed by atoms with E-state index in [0.717, 1.165) is 12.1 Å². The molecule has 7 heteroatoms. The lowest BCUT2D eigenvalue weighted by Crippen LogP contribution is -2.40. The van der Waals surface area contributed by atoms with Crippen LogP contribution in [-0.4, -0.2) is 19.0 Å². The fourth-order valence-corrected chi connectivity index (χ4v) is 1.50. The third-order valence-electron chi connectivity index (χ3n) is 2.54. The van der Waals surface area contributed by atoms with Crippen molar-refractivity contribution in [2.24, 2.45) is 0 Å². The highest BCUT2D eigenvalue weighted by Crippen LogP contribution is 2.30. The molecule has 1 unspecified atom stereocenters. The van der Waals surface area contributed by atoms with Gasteiger partial charge in [-0.15, -0.1) is 0 Å². The van der Waals surface area contributed by atoms with Gasteiger partial charge in [0.2, 0.25) is 5.91 Å². The highest BCUT2D eigenvalue weighted by molar-refractivity contribution is 5.80. The molecule has 19 heavy (non-hydrogen) atoms. The summed E-state index contributed by atoms with van der Waals surface area (Å²) in [4.78, 5) is 11.2. The third-order valence-corrected chi connectivity index (χ3v) is 2.54. The van der Waals surface area contributed by atoms with Crippen LogP contribution < -0.4 is 10.6 Å². The number of likely N-dealkylation sites (N-methyl/N-ethyl adjacent to an activating group) is 1. The summed E-state index contributed by atoms with van der Waals surface area (Å²) >= 11 is 0. The topological polar surface area (TPSA) is 41.1 Å². The number of carbonyl (C=O) groups excluding carboxylic acids is 1. The quantitative estimate of drug-likeness (QED) is 0.828. The van der Waals surface area contributed by atoms with Gasteiger partial charge in [-0.2, -0.15) is 13.2 Å². The van der Waals surface area contributed by atoms with Gasteiger partial charge in [-0.1, -0.05) is 0 Å². The molecule has 1 amide bonds. The standard InChI is InChI=1S/C12H14F4N2O/c1-7(11(19)17-2)18-6-8-3-9(12(14,15)16)5-10(13)4-8/h3-5,7,18H,6H2,1-2H3,(H,17,19). The Morgan fingerprint density at radius 3 is 2.47 bits per heavy atom. The maximum absolute atomic E-state index is 13.1. The van der Waals surface area contributed by atoms with Crippen molar-refractivity contribution in [1.29, 1.82) is 0 Å². The minimum atomic E-state index is -4.59. The number of nitrogens with one attached hydrogen (secondary N) is 2. The molecule has 106 valence electrons. The molecule has 0 saturated heterocycles. The predicted molar refractivity (Wildman–Crippen MR) is 61.8 cm³/mol. The molecule has 1 aromatic carbocycles. The van der Waals surface area contributed by atoms with Gasteiger partial charge in [0.15, 0.2) is 0 Å². The lowest BCUT2D eigenvalue weighted by atomic mass is 10.1. The zero-order valence-electron chi connectivity index (χ0n) is 10.4. The lowest BCUT2D eigenvalue weighted by molar-refractivity contribution is -0.137. The highest BCUT2D eigenvalue weighted by Gasteiger charge is 2.31. The highest BCUT2D eigenvalue weighted by atomic mass is 19.4. The van der Waals surface area contributed by atoms with E-state index >= 15 is 0 Å². The van der Waals surface area contributed by atoms with Crippen molar-refractivity contribution in [1.82, 2.24) is 10.6 Å². The van der Waals surface area contributed by atoms with Gasteiger partial charge < -0.3 is 10.6 Å². The van der Waals surface area contributed by atoms with Gasteiger partial charge in [-0.05, 0) is 30.7 Å². The van der Waals surface area contributed by atoms with E-state index in [4.69, 9.17) is 0 Å². The molecule has 2 N–H and O–H groups in total. The summed E-state index contributed by atoms with van der Waals surface area (Å²) < 4.78 is 50.5. The first kappa shape index (κ1) is 15.4. The lowest BCUT2D eigenvalue weighted by Gasteiger charge is -2.13. The Morgan fingerprint density at radius 1 is 1.32 bits per heavy atom. The summed E-state index contributed by atoms with van der Waals surface area (Å²) in [6.45, 7) is 1.53. The fourth-order valence-electron chi connectivity index (χ4n) is 1.50. The minimum Gasteiger partial charge on any atom is -0.358 e. The first-order valence-electron chi connectivity index (χ1n) is 5.55. The molecular weight excluding hydrogens is 264 g/mol. The van der Waals surface area contributed by atoms with Crippen LogP contribution in [0.4, 0.5) is 17.6 Å². The molecule has 0 spiro atoms. The SMILES string of the molecule is CNC(=O)C(C)NCc1cc(F)cc(C(F)(F)F)c1. The second kappa shape index (κ2) is 6.01. The van der Waals surface area contributed by atoms with Crippen LogP contribution in [-0.2, 0) is 17.5 Å². The maximum Gasteiger partial charge on any atom is 0.416 e. The van der Waals surface area contributed by atoms with E-state index in [1.165, 1.54) is 7.05 Å². The first-order chi connectivity index (χ1) is 8.74. The largest absolute Gasteiger partial charge is 0.416 e. The maximum atomic E-state index is 13.1.